The highest BCUT2D eigenvalue weighted by atomic mass is 16.5. The first-order valence-electron chi connectivity index (χ1n) is 14.2. The lowest BCUT2D eigenvalue weighted by molar-refractivity contribution is -0.143. The van der Waals surface area contributed by atoms with Crippen molar-refractivity contribution in [3.05, 3.63) is 89.5 Å². The van der Waals surface area contributed by atoms with Gasteiger partial charge < -0.3 is 20.1 Å². The van der Waals surface area contributed by atoms with Crippen LogP contribution in [0.5, 0.6) is 5.75 Å². The van der Waals surface area contributed by atoms with E-state index in [4.69, 9.17) is 9.47 Å². The Morgan fingerprint density at radius 2 is 1.74 bits per heavy atom. The Hall–Kier alpha value is -3.31. The van der Waals surface area contributed by atoms with Gasteiger partial charge >= 0.3 is 5.97 Å². The summed E-state index contributed by atoms with van der Waals surface area (Å²) in [6.07, 6.45) is 10.2. The van der Waals surface area contributed by atoms with Crippen LogP contribution in [0.3, 0.4) is 0 Å². The molecule has 5 rings (SSSR count). The molecule has 0 spiro atoms. The van der Waals surface area contributed by atoms with E-state index in [1.165, 1.54) is 57.6 Å². The van der Waals surface area contributed by atoms with Crippen molar-refractivity contribution in [2.75, 3.05) is 19.0 Å². The number of ether oxygens (including phenoxy) is 2. The first-order valence-corrected chi connectivity index (χ1v) is 14.2. The molecule has 0 heterocycles. The predicted octanol–water partition coefficient (Wildman–Crippen LogP) is 7.66. The van der Waals surface area contributed by atoms with Gasteiger partial charge in [0.2, 0.25) is 0 Å². The monoisotopic (exact) mass is 512 g/mol. The SMILES string of the molecule is COC(=O)C(NCCC1CCCCC1)c1cccc(Nc2ccc(OCc3ccccc3)cc2C2CC2)c1. The smallest absolute Gasteiger partial charge is 0.327 e. The highest BCUT2D eigenvalue weighted by molar-refractivity contribution is 5.78. The Bertz CT molecular complexity index is 1190. The number of carbonyl (C=O) groups is 1. The van der Waals surface area contributed by atoms with Crippen LogP contribution in [0, 0.1) is 5.92 Å². The summed E-state index contributed by atoms with van der Waals surface area (Å²) in [4.78, 5) is 12.7. The molecule has 1 atom stereocenters. The van der Waals surface area contributed by atoms with Crippen LogP contribution in [0.15, 0.2) is 72.8 Å². The maximum atomic E-state index is 12.7. The van der Waals surface area contributed by atoms with Crippen LogP contribution in [-0.2, 0) is 16.1 Å². The molecule has 2 saturated carbocycles. The van der Waals surface area contributed by atoms with Crippen molar-refractivity contribution < 1.29 is 14.3 Å². The number of hydrogen-bond acceptors (Lipinski definition) is 5. The van der Waals surface area contributed by atoms with Crippen LogP contribution in [-0.4, -0.2) is 19.6 Å². The number of nitrogens with one attached hydrogen (secondary N) is 2. The van der Waals surface area contributed by atoms with Gasteiger partial charge in [0.05, 0.1) is 7.11 Å². The van der Waals surface area contributed by atoms with Crippen LogP contribution < -0.4 is 15.4 Å². The van der Waals surface area contributed by atoms with Crippen LogP contribution in [0.1, 0.15) is 80.0 Å². The van der Waals surface area contributed by atoms with Gasteiger partial charge in [-0.05, 0) is 84.7 Å². The fourth-order valence-electron chi connectivity index (χ4n) is 5.53. The van der Waals surface area contributed by atoms with Gasteiger partial charge in [-0.3, -0.25) is 0 Å². The van der Waals surface area contributed by atoms with Crippen molar-refractivity contribution in [3.8, 4) is 5.75 Å². The van der Waals surface area contributed by atoms with Crippen molar-refractivity contribution in [1.29, 1.82) is 0 Å². The van der Waals surface area contributed by atoms with Crippen LogP contribution in [0.4, 0.5) is 11.4 Å². The van der Waals surface area contributed by atoms with Gasteiger partial charge in [-0.25, -0.2) is 4.79 Å². The Labute approximate surface area is 226 Å². The summed E-state index contributed by atoms with van der Waals surface area (Å²) in [6, 6.07) is 24.2. The third-order valence-electron chi connectivity index (χ3n) is 7.85. The zero-order valence-electron chi connectivity index (χ0n) is 22.5. The molecule has 1 unspecified atom stereocenters. The molecule has 2 aliphatic carbocycles. The standard InChI is InChI=1S/C33H40N2O3/c1-37-33(36)32(34-20-19-24-9-4-2-5-10-24)27-13-8-14-28(21-27)35-31-18-17-29(22-30(31)26-15-16-26)38-23-25-11-6-3-7-12-25/h3,6-8,11-14,17-18,21-22,24,26,32,34-35H,2,4-5,9-10,15-16,19-20,23H2,1H3. The van der Waals surface area contributed by atoms with Crippen molar-refractivity contribution >= 4 is 17.3 Å². The summed E-state index contributed by atoms with van der Waals surface area (Å²) < 4.78 is 11.3. The summed E-state index contributed by atoms with van der Waals surface area (Å²) in [6.45, 7) is 1.38. The highest BCUT2D eigenvalue weighted by Gasteiger charge is 2.27. The highest BCUT2D eigenvalue weighted by Crippen LogP contribution is 2.45. The van der Waals surface area contributed by atoms with Crippen LogP contribution >= 0.6 is 0 Å². The minimum Gasteiger partial charge on any atom is -0.489 e. The minimum absolute atomic E-state index is 0.246. The Morgan fingerprint density at radius 3 is 2.50 bits per heavy atom. The fraction of sp³-hybridized carbons (Fsp3) is 0.424. The number of esters is 1. The Kier molecular flexibility index (Phi) is 8.98. The normalized spacial score (nSPS) is 16.6. The molecule has 0 saturated heterocycles. The second-order valence-corrected chi connectivity index (χ2v) is 10.8. The van der Waals surface area contributed by atoms with Gasteiger partial charge in [-0.2, -0.15) is 0 Å². The summed E-state index contributed by atoms with van der Waals surface area (Å²) in [5, 5.41) is 7.10. The number of rotatable bonds is 12. The molecule has 0 amide bonds. The van der Waals surface area contributed by atoms with Gasteiger partial charge in [-0.1, -0.05) is 74.6 Å². The van der Waals surface area contributed by atoms with E-state index >= 15 is 0 Å². The molecule has 0 bridgehead atoms. The lowest BCUT2D eigenvalue weighted by atomic mass is 9.87. The van der Waals surface area contributed by atoms with E-state index < -0.39 is 6.04 Å². The van der Waals surface area contributed by atoms with Crippen molar-refractivity contribution in [2.24, 2.45) is 5.92 Å². The van der Waals surface area contributed by atoms with Gasteiger partial charge in [-0.15, -0.1) is 0 Å². The summed E-state index contributed by atoms with van der Waals surface area (Å²) in [5.41, 5.74) is 5.42. The molecule has 2 fully saturated rings. The van der Waals surface area contributed by atoms with Gasteiger partial charge in [0.1, 0.15) is 18.4 Å². The zero-order chi connectivity index (χ0) is 26.2. The molecule has 3 aromatic rings. The molecule has 5 nitrogen and oxygen atoms in total. The number of methoxy groups -OCH3 is 1. The average molecular weight is 513 g/mol. The van der Waals surface area contributed by atoms with Crippen LogP contribution in [0.25, 0.3) is 0 Å². The molecule has 5 heteroatoms. The largest absolute Gasteiger partial charge is 0.489 e. The second kappa shape index (κ2) is 13.0. The molecular weight excluding hydrogens is 472 g/mol. The minimum atomic E-state index is -0.470. The molecule has 3 aromatic carbocycles. The van der Waals surface area contributed by atoms with E-state index in [2.05, 4.69) is 47.0 Å². The first kappa shape index (κ1) is 26.3. The molecule has 0 aliphatic heterocycles. The van der Waals surface area contributed by atoms with Gasteiger partial charge in [0.25, 0.3) is 0 Å². The molecule has 0 radical (unpaired) electrons. The summed E-state index contributed by atoms with van der Waals surface area (Å²) in [5.74, 6) is 1.97. The zero-order valence-corrected chi connectivity index (χ0v) is 22.5. The van der Waals surface area contributed by atoms with E-state index in [9.17, 15) is 4.79 Å². The third-order valence-corrected chi connectivity index (χ3v) is 7.85. The Morgan fingerprint density at radius 1 is 0.921 bits per heavy atom. The first-order chi connectivity index (χ1) is 18.7. The molecule has 0 aromatic heterocycles. The van der Waals surface area contributed by atoms with E-state index in [1.807, 2.05) is 36.4 Å². The van der Waals surface area contributed by atoms with Gasteiger partial charge in [0.15, 0.2) is 0 Å². The lowest BCUT2D eigenvalue weighted by Gasteiger charge is -2.23. The van der Waals surface area contributed by atoms with Crippen molar-refractivity contribution in [1.82, 2.24) is 5.32 Å². The van der Waals surface area contributed by atoms with Crippen LogP contribution in [0.2, 0.25) is 0 Å². The number of anilines is 2. The third kappa shape index (κ3) is 7.16. The predicted molar refractivity (Wildman–Crippen MR) is 153 cm³/mol. The maximum absolute atomic E-state index is 12.7. The van der Waals surface area contributed by atoms with E-state index in [1.54, 1.807) is 0 Å². The van der Waals surface area contributed by atoms with Crippen molar-refractivity contribution in [3.63, 3.8) is 0 Å². The average Bonchev–Trinajstić information content (AvgIpc) is 3.81. The molecule has 2 N–H and O–H groups in total. The molecule has 200 valence electrons. The second-order valence-electron chi connectivity index (χ2n) is 10.8. The quantitative estimate of drug-likeness (QED) is 0.244. The molecular formula is C33H40N2O3. The topological polar surface area (TPSA) is 59.6 Å². The summed E-state index contributed by atoms with van der Waals surface area (Å²) >= 11 is 0. The summed E-state index contributed by atoms with van der Waals surface area (Å²) in [7, 11) is 1.46. The number of hydrogen-bond donors (Lipinski definition) is 2. The van der Waals surface area contributed by atoms with Crippen molar-refractivity contribution in [2.45, 2.75) is 69.9 Å². The van der Waals surface area contributed by atoms with E-state index in [0.717, 1.165) is 47.1 Å². The maximum Gasteiger partial charge on any atom is 0.327 e. The molecule has 2 aliphatic rings. The lowest BCUT2D eigenvalue weighted by Crippen LogP contribution is -2.31. The number of benzene rings is 3. The van der Waals surface area contributed by atoms with E-state index in [-0.39, 0.29) is 5.97 Å². The Balaban J connectivity index is 1.26. The van der Waals surface area contributed by atoms with Gasteiger partial charge in [0, 0.05) is 11.4 Å². The van der Waals surface area contributed by atoms with E-state index in [0.29, 0.717) is 12.5 Å². The number of carbonyl (C=O) groups excluding carboxylic acids is 1. The fourth-order valence-corrected chi connectivity index (χ4v) is 5.53. The molecule has 38 heavy (non-hydrogen) atoms.